The summed E-state index contributed by atoms with van der Waals surface area (Å²) in [5.41, 5.74) is 9.73. The van der Waals surface area contributed by atoms with E-state index in [4.69, 9.17) is 5.73 Å². The molecule has 1 aromatic carbocycles. The molecule has 19 heavy (non-hydrogen) atoms. The van der Waals surface area contributed by atoms with Crippen LogP contribution in [0.3, 0.4) is 0 Å². The van der Waals surface area contributed by atoms with Crippen molar-refractivity contribution in [1.82, 2.24) is 9.78 Å². The van der Waals surface area contributed by atoms with E-state index in [1.165, 1.54) is 11.3 Å². The highest BCUT2D eigenvalue weighted by Crippen LogP contribution is 2.15. The van der Waals surface area contributed by atoms with Gasteiger partial charge < -0.3 is 5.73 Å². The lowest BCUT2D eigenvalue weighted by molar-refractivity contribution is 0.510. The lowest BCUT2D eigenvalue weighted by Gasteiger charge is -2.14. The van der Waals surface area contributed by atoms with E-state index >= 15 is 0 Å². The van der Waals surface area contributed by atoms with Crippen molar-refractivity contribution in [2.75, 3.05) is 6.54 Å². The Bertz CT molecular complexity index is 502. The van der Waals surface area contributed by atoms with Crippen LogP contribution in [0.5, 0.6) is 0 Å². The summed E-state index contributed by atoms with van der Waals surface area (Å²) in [6.07, 6.45) is 3.01. The number of benzene rings is 1. The highest BCUT2D eigenvalue weighted by molar-refractivity contribution is 5.17. The van der Waals surface area contributed by atoms with Crippen molar-refractivity contribution in [2.45, 2.75) is 26.2 Å². The molecule has 0 bridgehead atoms. The van der Waals surface area contributed by atoms with Crippen molar-refractivity contribution in [3.63, 3.8) is 0 Å². The summed E-state index contributed by atoms with van der Waals surface area (Å²) in [7, 11) is 2.02. The van der Waals surface area contributed by atoms with Crippen LogP contribution < -0.4 is 5.73 Å². The van der Waals surface area contributed by atoms with Crippen LogP contribution in [-0.4, -0.2) is 16.3 Å². The van der Waals surface area contributed by atoms with Gasteiger partial charge in [-0.3, -0.25) is 4.68 Å². The molecule has 1 heterocycles. The number of aromatic nitrogens is 2. The van der Waals surface area contributed by atoms with Gasteiger partial charge in [0, 0.05) is 12.7 Å². The fourth-order valence-corrected chi connectivity index (χ4v) is 2.42. The van der Waals surface area contributed by atoms with E-state index in [2.05, 4.69) is 48.4 Å². The van der Waals surface area contributed by atoms with Crippen LogP contribution >= 0.6 is 0 Å². The molecule has 2 rings (SSSR count). The molecule has 1 aromatic heterocycles. The lowest BCUT2D eigenvalue weighted by atomic mass is 9.94. The monoisotopic (exact) mass is 257 g/mol. The van der Waals surface area contributed by atoms with Gasteiger partial charge in [-0.25, -0.2) is 0 Å². The van der Waals surface area contributed by atoms with Crippen LogP contribution in [0.4, 0.5) is 0 Å². The zero-order chi connectivity index (χ0) is 13.7. The van der Waals surface area contributed by atoms with Crippen LogP contribution in [0.2, 0.25) is 0 Å². The quantitative estimate of drug-likeness (QED) is 0.863. The van der Waals surface area contributed by atoms with Crippen LogP contribution in [0.1, 0.15) is 23.9 Å². The number of rotatable bonds is 6. The molecule has 0 saturated carbocycles. The Morgan fingerprint density at radius 2 is 1.95 bits per heavy atom. The third kappa shape index (κ3) is 3.67. The van der Waals surface area contributed by atoms with Crippen molar-refractivity contribution in [2.24, 2.45) is 18.7 Å². The molecule has 3 nitrogen and oxygen atoms in total. The van der Waals surface area contributed by atoms with Gasteiger partial charge in [0.25, 0.3) is 0 Å². The first-order valence-electron chi connectivity index (χ1n) is 6.98. The summed E-state index contributed by atoms with van der Waals surface area (Å²) in [5, 5.41) is 4.50. The van der Waals surface area contributed by atoms with Gasteiger partial charge in [-0.15, -0.1) is 0 Å². The molecule has 0 amide bonds. The third-order valence-corrected chi connectivity index (χ3v) is 3.59. The molecule has 0 fully saturated rings. The fraction of sp³-hybridized carbons (Fsp3) is 0.438. The van der Waals surface area contributed by atoms with Gasteiger partial charge in [-0.05, 0) is 43.4 Å². The topological polar surface area (TPSA) is 43.8 Å². The maximum atomic E-state index is 5.93. The Kier molecular flexibility index (Phi) is 4.74. The van der Waals surface area contributed by atoms with Gasteiger partial charge in [0.15, 0.2) is 0 Å². The summed E-state index contributed by atoms with van der Waals surface area (Å²) in [6.45, 7) is 2.85. The van der Waals surface area contributed by atoms with Crippen LogP contribution in [0.25, 0.3) is 0 Å². The first-order chi connectivity index (χ1) is 9.22. The summed E-state index contributed by atoms with van der Waals surface area (Å²) in [5.74, 6) is 0.475. The first-order valence-corrected chi connectivity index (χ1v) is 6.98. The molecule has 0 aliphatic rings. The molecule has 1 unspecified atom stereocenters. The predicted molar refractivity (Wildman–Crippen MR) is 79.0 cm³/mol. The number of nitrogens with zero attached hydrogens (tertiary/aromatic N) is 2. The molecule has 0 radical (unpaired) electrons. The molecule has 0 aliphatic heterocycles. The van der Waals surface area contributed by atoms with Gasteiger partial charge >= 0.3 is 0 Å². The summed E-state index contributed by atoms with van der Waals surface area (Å²) < 4.78 is 1.99. The Morgan fingerprint density at radius 3 is 2.53 bits per heavy atom. The van der Waals surface area contributed by atoms with E-state index in [1.807, 2.05) is 11.7 Å². The van der Waals surface area contributed by atoms with Crippen LogP contribution in [0.15, 0.2) is 36.4 Å². The average molecular weight is 257 g/mol. The minimum atomic E-state index is 0.475. The van der Waals surface area contributed by atoms with E-state index in [-0.39, 0.29) is 0 Å². The van der Waals surface area contributed by atoms with E-state index < -0.39 is 0 Å². The third-order valence-electron chi connectivity index (χ3n) is 3.59. The molecule has 102 valence electrons. The van der Waals surface area contributed by atoms with Crippen LogP contribution in [-0.2, 0) is 26.3 Å². The zero-order valence-corrected chi connectivity index (χ0v) is 11.8. The zero-order valence-electron chi connectivity index (χ0n) is 11.8. The smallest absolute Gasteiger partial charge is 0.0624 e. The van der Waals surface area contributed by atoms with E-state index in [0.717, 1.165) is 25.0 Å². The number of hydrogen-bond donors (Lipinski definition) is 1. The Morgan fingerprint density at radius 1 is 1.21 bits per heavy atom. The maximum Gasteiger partial charge on any atom is 0.0624 e. The molecule has 3 heteroatoms. The molecular formula is C16H23N3. The molecule has 2 N–H and O–H groups in total. The van der Waals surface area contributed by atoms with Crippen LogP contribution in [0, 0.1) is 5.92 Å². The lowest BCUT2D eigenvalue weighted by Crippen LogP contribution is -2.20. The second-order valence-corrected chi connectivity index (χ2v) is 5.10. The van der Waals surface area contributed by atoms with Crippen molar-refractivity contribution in [3.05, 3.63) is 53.3 Å². The molecule has 0 spiro atoms. The first kappa shape index (κ1) is 13.8. The standard InChI is InChI=1S/C16H23N3/c1-3-15-11-16(19(2)18-15)10-14(12-17)9-13-7-5-4-6-8-13/h4-8,11,14H,3,9-10,12,17H2,1-2H3. The molecular weight excluding hydrogens is 234 g/mol. The van der Waals surface area contributed by atoms with E-state index in [0.29, 0.717) is 12.5 Å². The van der Waals surface area contributed by atoms with Crippen molar-refractivity contribution in [3.8, 4) is 0 Å². The largest absolute Gasteiger partial charge is 0.330 e. The van der Waals surface area contributed by atoms with Gasteiger partial charge in [-0.2, -0.15) is 5.10 Å². The van der Waals surface area contributed by atoms with Crippen molar-refractivity contribution in [1.29, 1.82) is 0 Å². The summed E-state index contributed by atoms with van der Waals surface area (Å²) >= 11 is 0. The van der Waals surface area contributed by atoms with E-state index in [9.17, 15) is 0 Å². The van der Waals surface area contributed by atoms with Crippen molar-refractivity contribution < 1.29 is 0 Å². The second-order valence-electron chi connectivity index (χ2n) is 5.10. The summed E-state index contributed by atoms with van der Waals surface area (Å²) in [6, 6.07) is 12.8. The van der Waals surface area contributed by atoms with Crippen molar-refractivity contribution >= 4 is 0 Å². The van der Waals surface area contributed by atoms with Gasteiger partial charge in [0.2, 0.25) is 0 Å². The van der Waals surface area contributed by atoms with Gasteiger partial charge in [0.05, 0.1) is 5.69 Å². The Hall–Kier alpha value is -1.61. The number of nitrogens with two attached hydrogens (primary N) is 1. The normalized spacial score (nSPS) is 12.6. The minimum Gasteiger partial charge on any atom is -0.330 e. The predicted octanol–water partition coefficient (Wildman–Crippen LogP) is 2.34. The highest BCUT2D eigenvalue weighted by Gasteiger charge is 2.12. The maximum absolute atomic E-state index is 5.93. The minimum absolute atomic E-state index is 0.475. The SMILES string of the molecule is CCc1cc(CC(CN)Cc2ccccc2)n(C)n1. The number of hydrogen-bond acceptors (Lipinski definition) is 2. The Balaban J connectivity index is 2.04. The number of aryl methyl sites for hydroxylation is 2. The fourth-order valence-electron chi connectivity index (χ4n) is 2.42. The summed E-state index contributed by atoms with van der Waals surface area (Å²) in [4.78, 5) is 0. The molecule has 0 aliphatic carbocycles. The van der Waals surface area contributed by atoms with Gasteiger partial charge in [-0.1, -0.05) is 37.3 Å². The molecule has 0 saturated heterocycles. The second kappa shape index (κ2) is 6.53. The average Bonchev–Trinajstić information content (AvgIpc) is 2.80. The van der Waals surface area contributed by atoms with E-state index in [1.54, 1.807) is 0 Å². The highest BCUT2D eigenvalue weighted by atomic mass is 15.3. The van der Waals surface area contributed by atoms with Gasteiger partial charge in [0.1, 0.15) is 0 Å². The molecule has 1 atom stereocenters. The Labute approximate surface area is 115 Å². The molecule has 2 aromatic rings.